The average molecular weight is 89.0 g/mol. The van der Waals surface area contributed by atoms with Crippen LogP contribution >= 0.6 is 8.02 Å². The SMILES string of the molecule is O.P=S.[Li]. The largest absolute Gasteiger partial charge is 0.412 e. The monoisotopic (exact) mass is 89.0 g/mol. The molecule has 0 aliphatic carbocycles. The predicted molar refractivity (Wildman–Crippen MR) is 25.0 cm³/mol. The van der Waals surface area contributed by atoms with E-state index in [0.29, 0.717) is 0 Å². The Balaban J connectivity index is -0.00000000500. The molecule has 0 aliphatic heterocycles. The maximum absolute atomic E-state index is 3.89. The van der Waals surface area contributed by atoms with Crippen LogP contribution in [0.15, 0.2) is 0 Å². The molecule has 0 heterocycles. The Hall–Kier alpha value is 1.08. The van der Waals surface area contributed by atoms with Crippen molar-refractivity contribution >= 4 is 38.7 Å². The number of hydrogen-bond donors (Lipinski definition) is 0. The zero-order valence-corrected chi connectivity index (χ0v) is 4.22. The van der Waals surface area contributed by atoms with Crippen molar-refractivity contribution < 1.29 is 5.48 Å². The molecule has 2 N–H and O–H groups in total. The van der Waals surface area contributed by atoms with E-state index in [9.17, 15) is 0 Å². The first-order valence-electron chi connectivity index (χ1n) is 0.204. The van der Waals surface area contributed by atoms with Gasteiger partial charge in [0.05, 0.1) is 0 Å². The maximum Gasteiger partial charge on any atom is 0 e. The zero-order chi connectivity index (χ0) is 2.00. The Morgan fingerprint density at radius 1 is 1.25 bits per heavy atom. The molecule has 0 saturated heterocycles. The molecule has 1 nitrogen and oxygen atoms in total. The predicted octanol–water partition coefficient (Wildman–Crippen LogP) is -0.614. The Kier molecular flexibility index (Phi) is 163. The molecule has 0 amide bonds. The van der Waals surface area contributed by atoms with Gasteiger partial charge in [0.25, 0.3) is 0 Å². The quantitative estimate of drug-likeness (QED) is 0.287. The normalized spacial score (nSPS) is 1.00. The van der Waals surface area contributed by atoms with E-state index in [1.54, 1.807) is 0 Å². The minimum atomic E-state index is 0. The summed E-state index contributed by atoms with van der Waals surface area (Å²) in [5, 5.41) is 0. The van der Waals surface area contributed by atoms with E-state index < -0.39 is 0 Å². The van der Waals surface area contributed by atoms with Crippen LogP contribution in [0.25, 0.3) is 0 Å². The first kappa shape index (κ1) is 19.6. The topological polar surface area (TPSA) is 31.5 Å². The van der Waals surface area contributed by atoms with Crippen molar-refractivity contribution in [2.75, 3.05) is 0 Å². The molecule has 0 aromatic heterocycles. The number of rotatable bonds is 0. The molecule has 1 radical (unpaired) electrons. The Bertz CT molecular complexity index is 8.00. The van der Waals surface area contributed by atoms with E-state index >= 15 is 0 Å². The van der Waals surface area contributed by atoms with Crippen molar-refractivity contribution in [3.63, 3.8) is 0 Å². The fourth-order valence-corrected chi connectivity index (χ4v) is 0. The van der Waals surface area contributed by atoms with Crippen LogP contribution in [0.5, 0.6) is 0 Å². The molecule has 21 valence electrons. The van der Waals surface area contributed by atoms with Gasteiger partial charge in [0, 0.05) is 18.9 Å². The van der Waals surface area contributed by atoms with Crippen LogP contribution in [0, 0.1) is 0 Å². The summed E-state index contributed by atoms with van der Waals surface area (Å²) in [6, 6.07) is 0. The van der Waals surface area contributed by atoms with E-state index in [2.05, 4.69) is 19.8 Å². The van der Waals surface area contributed by atoms with Crippen LogP contribution in [0.4, 0.5) is 0 Å². The molecule has 0 aromatic rings. The van der Waals surface area contributed by atoms with Crippen LogP contribution < -0.4 is 0 Å². The van der Waals surface area contributed by atoms with Crippen LogP contribution in [-0.2, 0) is 11.8 Å². The molecule has 0 saturated carbocycles. The fourth-order valence-electron chi connectivity index (χ4n) is 0. The molecule has 0 rings (SSSR count). The van der Waals surface area contributed by atoms with Crippen LogP contribution in [0.2, 0.25) is 0 Å². The van der Waals surface area contributed by atoms with Crippen molar-refractivity contribution in [3.05, 3.63) is 0 Å². The number of hydrogen-bond acceptors (Lipinski definition) is 1. The van der Waals surface area contributed by atoms with Gasteiger partial charge in [0.15, 0.2) is 0 Å². The Morgan fingerprint density at radius 2 is 1.25 bits per heavy atom. The van der Waals surface area contributed by atoms with Gasteiger partial charge >= 0.3 is 0 Å². The molecule has 0 aromatic carbocycles. The van der Waals surface area contributed by atoms with E-state index in [-0.39, 0.29) is 24.3 Å². The fraction of sp³-hybridized carbons (Fsp3) is 0. The third-order valence-electron chi connectivity index (χ3n) is 0. The van der Waals surface area contributed by atoms with Gasteiger partial charge in [-0.1, -0.05) is 11.8 Å². The minimum Gasteiger partial charge on any atom is -0.412 e. The van der Waals surface area contributed by atoms with Crippen molar-refractivity contribution in [1.82, 2.24) is 0 Å². The molecule has 4 heavy (non-hydrogen) atoms. The molecule has 0 unspecified atom stereocenters. The summed E-state index contributed by atoms with van der Waals surface area (Å²) in [5.41, 5.74) is 0. The summed E-state index contributed by atoms with van der Waals surface area (Å²) < 4.78 is 0. The summed E-state index contributed by atoms with van der Waals surface area (Å²) in [4.78, 5) is 0. The Labute approximate surface area is 44.5 Å². The van der Waals surface area contributed by atoms with Crippen LogP contribution in [0.1, 0.15) is 0 Å². The van der Waals surface area contributed by atoms with Gasteiger partial charge in [-0.15, -0.1) is 0 Å². The van der Waals surface area contributed by atoms with Crippen molar-refractivity contribution in [2.45, 2.75) is 0 Å². The first-order valence-corrected chi connectivity index (χ1v) is 1.84. The zero-order valence-electron chi connectivity index (χ0n) is 2.41. The van der Waals surface area contributed by atoms with Gasteiger partial charge in [0.1, 0.15) is 0 Å². The summed E-state index contributed by atoms with van der Waals surface area (Å²) in [6.07, 6.45) is 0. The van der Waals surface area contributed by atoms with Gasteiger partial charge in [-0.05, 0) is 8.02 Å². The summed E-state index contributed by atoms with van der Waals surface area (Å²) >= 11 is 3.89. The van der Waals surface area contributed by atoms with Crippen molar-refractivity contribution in [2.24, 2.45) is 0 Å². The summed E-state index contributed by atoms with van der Waals surface area (Å²) in [7, 11) is 2.56. The van der Waals surface area contributed by atoms with Gasteiger partial charge in [-0.2, -0.15) is 0 Å². The molecular weight excluding hydrogens is 86.0 g/mol. The van der Waals surface area contributed by atoms with Gasteiger partial charge < -0.3 is 5.48 Å². The molecule has 0 atom stereocenters. The van der Waals surface area contributed by atoms with Crippen molar-refractivity contribution in [1.29, 1.82) is 0 Å². The molecule has 0 fully saturated rings. The van der Waals surface area contributed by atoms with Crippen LogP contribution in [0.3, 0.4) is 0 Å². The minimum absolute atomic E-state index is 0. The summed E-state index contributed by atoms with van der Waals surface area (Å²) in [6.45, 7) is 0. The molecule has 0 aliphatic rings. The standard InChI is InChI=1S/Li.H2O.HPS/c;;1-2/h;1H2;1H. The van der Waals surface area contributed by atoms with E-state index in [4.69, 9.17) is 0 Å². The van der Waals surface area contributed by atoms with Gasteiger partial charge in [0.2, 0.25) is 0 Å². The first-order chi connectivity index (χ1) is 1.00. The van der Waals surface area contributed by atoms with Gasteiger partial charge in [-0.25, -0.2) is 0 Å². The molecular formula is H3LiOPS. The maximum atomic E-state index is 3.89. The van der Waals surface area contributed by atoms with Gasteiger partial charge in [-0.3, -0.25) is 0 Å². The Morgan fingerprint density at radius 3 is 1.25 bits per heavy atom. The smallest absolute Gasteiger partial charge is 0 e. The van der Waals surface area contributed by atoms with Crippen molar-refractivity contribution in [3.8, 4) is 0 Å². The van der Waals surface area contributed by atoms with E-state index in [1.807, 2.05) is 0 Å². The third kappa shape index (κ3) is 11.4. The summed E-state index contributed by atoms with van der Waals surface area (Å²) in [5.74, 6) is 0. The van der Waals surface area contributed by atoms with Crippen LogP contribution in [-0.4, -0.2) is 24.3 Å². The molecule has 0 spiro atoms. The molecule has 4 heteroatoms. The second-order valence-corrected chi connectivity index (χ2v) is 0. The second-order valence-electron chi connectivity index (χ2n) is 0. The van der Waals surface area contributed by atoms with E-state index in [1.165, 1.54) is 0 Å². The average Bonchev–Trinajstić information content (AvgIpc) is 1.00. The van der Waals surface area contributed by atoms with E-state index in [0.717, 1.165) is 0 Å². The third-order valence-corrected chi connectivity index (χ3v) is 0. The molecule has 0 bridgehead atoms. The second kappa shape index (κ2) is 33.3.